The highest BCUT2D eigenvalue weighted by Gasteiger charge is 2.44. The summed E-state index contributed by atoms with van der Waals surface area (Å²) >= 11 is 0. The molecule has 5 nitrogen and oxygen atoms in total. The Kier molecular flexibility index (Phi) is 5.06. The van der Waals surface area contributed by atoms with Crippen molar-refractivity contribution in [1.82, 2.24) is 0 Å². The third-order valence-electron chi connectivity index (χ3n) is 2.98. The Balaban J connectivity index is 5.15. The lowest BCUT2D eigenvalue weighted by atomic mass is 9.78. The molecule has 5 heteroatoms. The third-order valence-corrected chi connectivity index (χ3v) is 2.98. The van der Waals surface area contributed by atoms with Crippen LogP contribution in [-0.4, -0.2) is 33.3 Å². The van der Waals surface area contributed by atoms with Crippen molar-refractivity contribution in [2.45, 2.75) is 60.0 Å². The molecule has 0 unspecified atom stereocenters. The molecule has 0 aliphatic heterocycles. The lowest BCUT2D eigenvalue weighted by molar-refractivity contribution is -0.166. The largest absolute Gasteiger partial charge is 0.479 e. The molecule has 0 spiro atoms. The number of ketones is 2. The zero-order valence-electron chi connectivity index (χ0n) is 12.5. The summed E-state index contributed by atoms with van der Waals surface area (Å²) in [4.78, 5) is 35.0. The topological polar surface area (TPSA) is 91.7 Å². The van der Waals surface area contributed by atoms with Gasteiger partial charge in [0.2, 0.25) is 0 Å². The van der Waals surface area contributed by atoms with Crippen LogP contribution in [0.15, 0.2) is 0 Å². The molecule has 0 saturated heterocycles. The van der Waals surface area contributed by atoms with Gasteiger partial charge in [0.25, 0.3) is 0 Å². The number of carbonyl (C=O) groups excluding carboxylic acids is 2. The fraction of sp³-hybridized carbons (Fsp3) is 0.786. The average Bonchev–Trinajstić information content (AvgIpc) is 2.13. The number of hydrogen-bond acceptors (Lipinski definition) is 4. The first-order valence-corrected chi connectivity index (χ1v) is 6.22. The standard InChI is InChI=1S/C14H24O5/c1-12(2,3)9(15)7-14(19,11(17)18)8-10(16)13(4,5)6/h19H,7-8H2,1-6H3,(H,17,18). The van der Waals surface area contributed by atoms with Crippen LogP contribution < -0.4 is 0 Å². The van der Waals surface area contributed by atoms with E-state index < -0.39 is 35.2 Å². The first-order chi connectivity index (χ1) is 8.20. The zero-order valence-corrected chi connectivity index (χ0v) is 12.5. The molecular formula is C14H24O5. The minimum atomic E-state index is -2.32. The van der Waals surface area contributed by atoms with Crippen molar-refractivity contribution in [1.29, 1.82) is 0 Å². The number of rotatable bonds is 5. The molecule has 0 aromatic rings. The quantitative estimate of drug-likeness (QED) is 0.796. The molecule has 0 heterocycles. The van der Waals surface area contributed by atoms with E-state index in [1.165, 1.54) is 0 Å². The van der Waals surface area contributed by atoms with Gasteiger partial charge in [0.1, 0.15) is 11.6 Å². The predicted octanol–water partition coefficient (Wildman–Crippen LogP) is 1.81. The summed E-state index contributed by atoms with van der Waals surface area (Å²) in [6.07, 6.45) is -1.12. The van der Waals surface area contributed by atoms with Gasteiger partial charge in [-0.1, -0.05) is 41.5 Å². The Hall–Kier alpha value is -1.23. The van der Waals surface area contributed by atoms with E-state index in [-0.39, 0.29) is 11.6 Å². The molecule has 110 valence electrons. The van der Waals surface area contributed by atoms with E-state index in [0.29, 0.717) is 0 Å². The zero-order chi connectivity index (χ0) is 15.6. The van der Waals surface area contributed by atoms with Crippen LogP contribution in [0.5, 0.6) is 0 Å². The van der Waals surface area contributed by atoms with E-state index >= 15 is 0 Å². The van der Waals surface area contributed by atoms with E-state index in [9.17, 15) is 19.5 Å². The van der Waals surface area contributed by atoms with Crippen molar-refractivity contribution in [3.8, 4) is 0 Å². The first-order valence-electron chi connectivity index (χ1n) is 6.22. The van der Waals surface area contributed by atoms with Crippen molar-refractivity contribution in [2.24, 2.45) is 10.8 Å². The third kappa shape index (κ3) is 5.11. The van der Waals surface area contributed by atoms with Gasteiger partial charge in [0.15, 0.2) is 5.60 Å². The normalized spacial score (nSPS) is 13.2. The van der Waals surface area contributed by atoms with Crippen LogP contribution in [0.2, 0.25) is 0 Å². The Morgan fingerprint density at radius 3 is 1.21 bits per heavy atom. The van der Waals surface area contributed by atoms with Gasteiger partial charge in [-0.3, -0.25) is 9.59 Å². The van der Waals surface area contributed by atoms with Crippen LogP contribution in [0.3, 0.4) is 0 Å². The van der Waals surface area contributed by atoms with Gasteiger partial charge in [-0.2, -0.15) is 0 Å². The van der Waals surface area contributed by atoms with Crippen LogP contribution >= 0.6 is 0 Å². The molecule has 0 atom stereocenters. The lowest BCUT2D eigenvalue weighted by Gasteiger charge is -2.28. The van der Waals surface area contributed by atoms with E-state index in [1.807, 2.05) is 0 Å². The Morgan fingerprint density at radius 1 is 0.789 bits per heavy atom. The van der Waals surface area contributed by atoms with Gasteiger partial charge >= 0.3 is 5.97 Å². The number of carbonyl (C=O) groups is 3. The van der Waals surface area contributed by atoms with Crippen molar-refractivity contribution in [3.05, 3.63) is 0 Å². The predicted molar refractivity (Wildman–Crippen MR) is 70.7 cm³/mol. The molecule has 0 aliphatic rings. The SMILES string of the molecule is CC(C)(C)C(=O)CC(O)(CC(=O)C(C)(C)C)C(=O)O. The van der Waals surface area contributed by atoms with E-state index in [0.717, 1.165) is 0 Å². The molecule has 0 saturated carbocycles. The molecule has 0 aromatic heterocycles. The van der Waals surface area contributed by atoms with Crippen molar-refractivity contribution in [3.63, 3.8) is 0 Å². The summed E-state index contributed by atoms with van der Waals surface area (Å²) in [6.45, 7) is 9.85. The molecule has 19 heavy (non-hydrogen) atoms. The van der Waals surface area contributed by atoms with Gasteiger partial charge < -0.3 is 10.2 Å². The Morgan fingerprint density at radius 2 is 1.05 bits per heavy atom. The second-order valence-corrected chi connectivity index (χ2v) is 7.04. The van der Waals surface area contributed by atoms with Gasteiger partial charge in [-0.15, -0.1) is 0 Å². The highest BCUT2D eigenvalue weighted by atomic mass is 16.4. The van der Waals surface area contributed by atoms with E-state index in [2.05, 4.69) is 0 Å². The van der Waals surface area contributed by atoms with E-state index in [1.54, 1.807) is 41.5 Å². The Bertz CT molecular complexity index is 354. The van der Waals surface area contributed by atoms with E-state index in [4.69, 9.17) is 5.11 Å². The minimum Gasteiger partial charge on any atom is -0.479 e. The lowest BCUT2D eigenvalue weighted by Crippen LogP contribution is -2.46. The van der Waals surface area contributed by atoms with Gasteiger partial charge in [0, 0.05) is 23.7 Å². The molecule has 0 rings (SSSR count). The minimum absolute atomic E-state index is 0.390. The second-order valence-electron chi connectivity index (χ2n) is 7.04. The first kappa shape index (κ1) is 17.8. The number of Topliss-reactive ketones (excluding diaryl/α,β-unsaturated/α-hetero) is 2. The summed E-state index contributed by atoms with van der Waals surface area (Å²) < 4.78 is 0. The number of hydrogen-bond donors (Lipinski definition) is 2. The van der Waals surface area contributed by atoms with Crippen LogP contribution in [0.25, 0.3) is 0 Å². The van der Waals surface area contributed by atoms with Gasteiger partial charge in [0.05, 0.1) is 0 Å². The summed E-state index contributed by atoms with van der Waals surface area (Å²) in [6, 6.07) is 0. The Labute approximate surface area is 114 Å². The second kappa shape index (κ2) is 5.41. The molecular weight excluding hydrogens is 248 g/mol. The fourth-order valence-electron chi connectivity index (χ4n) is 1.28. The van der Waals surface area contributed by atoms with Crippen molar-refractivity contribution in [2.75, 3.05) is 0 Å². The van der Waals surface area contributed by atoms with Crippen LogP contribution in [-0.2, 0) is 14.4 Å². The molecule has 0 aromatic carbocycles. The fourth-order valence-corrected chi connectivity index (χ4v) is 1.28. The summed E-state index contributed by atoms with van der Waals surface area (Å²) in [5, 5.41) is 19.2. The number of aliphatic hydroxyl groups is 1. The van der Waals surface area contributed by atoms with Crippen LogP contribution in [0.1, 0.15) is 54.4 Å². The molecule has 0 amide bonds. The smallest absolute Gasteiger partial charge is 0.336 e. The molecule has 0 fully saturated rings. The molecule has 0 aliphatic carbocycles. The highest BCUT2D eigenvalue weighted by molar-refractivity contribution is 5.95. The maximum atomic E-state index is 11.9. The van der Waals surface area contributed by atoms with Crippen molar-refractivity contribution < 1.29 is 24.6 Å². The highest BCUT2D eigenvalue weighted by Crippen LogP contribution is 2.28. The summed E-state index contributed by atoms with van der Waals surface area (Å²) in [7, 11) is 0. The molecule has 2 N–H and O–H groups in total. The summed E-state index contributed by atoms with van der Waals surface area (Å²) in [5.41, 5.74) is -3.84. The maximum Gasteiger partial charge on any atom is 0.336 e. The average molecular weight is 272 g/mol. The monoisotopic (exact) mass is 272 g/mol. The van der Waals surface area contributed by atoms with Crippen molar-refractivity contribution >= 4 is 17.5 Å². The van der Waals surface area contributed by atoms with Crippen LogP contribution in [0, 0.1) is 10.8 Å². The number of aliphatic carboxylic acids is 1. The maximum absolute atomic E-state index is 11.9. The number of carboxylic acids is 1. The summed E-state index contributed by atoms with van der Waals surface area (Å²) in [5.74, 6) is -2.32. The molecule has 0 radical (unpaired) electrons. The molecule has 0 bridgehead atoms. The van der Waals surface area contributed by atoms with Crippen LogP contribution in [0.4, 0.5) is 0 Å². The number of carboxylic acid groups (broad SMARTS) is 1. The van der Waals surface area contributed by atoms with Gasteiger partial charge in [-0.25, -0.2) is 4.79 Å². The van der Waals surface area contributed by atoms with Gasteiger partial charge in [-0.05, 0) is 0 Å².